The van der Waals surface area contributed by atoms with Gasteiger partial charge in [0.15, 0.2) is 11.5 Å². The van der Waals surface area contributed by atoms with E-state index in [4.69, 9.17) is 4.74 Å². The van der Waals surface area contributed by atoms with E-state index in [2.05, 4.69) is 13.8 Å². The van der Waals surface area contributed by atoms with Gasteiger partial charge in [-0.1, -0.05) is 13.3 Å². The van der Waals surface area contributed by atoms with E-state index in [1.165, 1.54) is 15.1 Å². The first-order chi connectivity index (χ1) is 7.67. The van der Waals surface area contributed by atoms with Crippen molar-refractivity contribution >= 4 is 21.4 Å². The predicted molar refractivity (Wildman–Crippen MR) is 68.8 cm³/mol. The number of hydrogen-bond acceptors (Lipinski definition) is 3. The third kappa shape index (κ3) is 1.76. The van der Waals surface area contributed by atoms with Gasteiger partial charge in [0.2, 0.25) is 0 Å². The summed E-state index contributed by atoms with van der Waals surface area (Å²) in [7, 11) is 1.58. The second-order valence-corrected chi connectivity index (χ2v) is 5.06. The Morgan fingerprint density at radius 1 is 1.38 bits per heavy atom. The van der Waals surface area contributed by atoms with Crippen LogP contribution >= 0.6 is 11.3 Å². The fourth-order valence-electron chi connectivity index (χ4n) is 1.92. The fraction of sp³-hybridized carbons (Fsp3) is 0.385. The zero-order chi connectivity index (χ0) is 11.7. The van der Waals surface area contributed by atoms with Crippen LogP contribution in [0, 0.1) is 6.92 Å². The number of hydrogen-bond donors (Lipinski definition) is 1. The standard InChI is InChI=1S/C13H16O2S/c1-4-5-12-8(2)9-6-10(14)11(15-3)7-13(9)16-12/h6-7,14H,4-5H2,1-3H3. The van der Waals surface area contributed by atoms with Crippen molar-refractivity contribution in [2.75, 3.05) is 7.11 Å². The molecule has 2 nitrogen and oxygen atoms in total. The maximum Gasteiger partial charge on any atom is 0.161 e. The second kappa shape index (κ2) is 4.34. The highest BCUT2D eigenvalue weighted by molar-refractivity contribution is 7.19. The highest BCUT2D eigenvalue weighted by atomic mass is 32.1. The number of phenolic OH excluding ortho intramolecular Hbond substituents is 1. The Balaban J connectivity index is 2.62. The van der Waals surface area contributed by atoms with E-state index in [9.17, 15) is 5.11 Å². The van der Waals surface area contributed by atoms with Gasteiger partial charge < -0.3 is 9.84 Å². The minimum absolute atomic E-state index is 0.221. The molecule has 16 heavy (non-hydrogen) atoms. The van der Waals surface area contributed by atoms with Gasteiger partial charge in [-0.05, 0) is 30.4 Å². The van der Waals surface area contributed by atoms with Crippen LogP contribution < -0.4 is 4.74 Å². The monoisotopic (exact) mass is 236 g/mol. The van der Waals surface area contributed by atoms with E-state index in [1.807, 2.05) is 6.07 Å². The van der Waals surface area contributed by atoms with E-state index in [0.29, 0.717) is 5.75 Å². The quantitative estimate of drug-likeness (QED) is 0.876. The van der Waals surface area contributed by atoms with Gasteiger partial charge in [0.1, 0.15) is 0 Å². The molecule has 0 aliphatic rings. The van der Waals surface area contributed by atoms with Crippen molar-refractivity contribution in [2.45, 2.75) is 26.7 Å². The summed E-state index contributed by atoms with van der Waals surface area (Å²) in [4.78, 5) is 1.41. The minimum atomic E-state index is 0.221. The number of phenols is 1. The van der Waals surface area contributed by atoms with Crippen molar-refractivity contribution in [2.24, 2.45) is 0 Å². The molecule has 0 bridgehead atoms. The molecule has 0 spiro atoms. The molecule has 2 rings (SSSR count). The summed E-state index contributed by atoms with van der Waals surface area (Å²) < 4.78 is 6.31. The Hall–Kier alpha value is -1.22. The average Bonchev–Trinajstić information content (AvgIpc) is 2.56. The molecular formula is C13H16O2S. The Kier molecular flexibility index (Phi) is 3.06. The van der Waals surface area contributed by atoms with Crippen LogP contribution in [0.3, 0.4) is 0 Å². The molecule has 3 heteroatoms. The molecular weight excluding hydrogens is 220 g/mol. The van der Waals surface area contributed by atoms with E-state index in [1.54, 1.807) is 24.5 Å². The van der Waals surface area contributed by atoms with Gasteiger partial charge >= 0.3 is 0 Å². The van der Waals surface area contributed by atoms with Crippen LogP contribution in [0.2, 0.25) is 0 Å². The number of rotatable bonds is 3. The molecule has 86 valence electrons. The lowest BCUT2D eigenvalue weighted by atomic mass is 10.1. The maximum atomic E-state index is 9.75. The van der Waals surface area contributed by atoms with Crippen LogP contribution in [0.4, 0.5) is 0 Å². The van der Waals surface area contributed by atoms with Gasteiger partial charge in [-0.15, -0.1) is 11.3 Å². The molecule has 0 fully saturated rings. The Bertz CT molecular complexity index is 514. The summed E-state index contributed by atoms with van der Waals surface area (Å²) in [6.07, 6.45) is 2.25. The predicted octanol–water partition coefficient (Wildman–Crippen LogP) is 3.88. The topological polar surface area (TPSA) is 29.5 Å². The molecule has 0 aliphatic carbocycles. The van der Waals surface area contributed by atoms with Gasteiger partial charge in [-0.3, -0.25) is 0 Å². The van der Waals surface area contributed by atoms with Crippen LogP contribution in [-0.2, 0) is 6.42 Å². The van der Waals surface area contributed by atoms with Crippen LogP contribution in [0.5, 0.6) is 11.5 Å². The number of methoxy groups -OCH3 is 1. The molecule has 0 saturated carbocycles. The SMILES string of the molecule is CCCc1sc2cc(OC)c(O)cc2c1C. The fourth-order valence-corrected chi connectivity index (χ4v) is 3.24. The average molecular weight is 236 g/mol. The summed E-state index contributed by atoms with van der Waals surface area (Å²) in [5.74, 6) is 0.774. The largest absolute Gasteiger partial charge is 0.504 e. The smallest absolute Gasteiger partial charge is 0.161 e. The molecule has 0 amide bonds. The Morgan fingerprint density at radius 3 is 2.75 bits per heavy atom. The van der Waals surface area contributed by atoms with E-state index >= 15 is 0 Å². The van der Waals surface area contributed by atoms with Crippen molar-refractivity contribution in [1.29, 1.82) is 0 Å². The number of aromatic hydroxyl groups is 1. The van der Waals surface area contributed by atoms with Crippen LogP contribution in [0.25, 0.3) is 10.1 Å². The normalized spacial score (nSPS) is 10.9. The molecule has 0 radical (unpaired) electrons. The third-order valence-corrected chi connectivity index (χ3v) is 4.13. The summed E-state index contributed by atoms with van der Waals surface area (Å²) in [6.45, 7) is 4.30. The summed E-state index contributed by atoms with van der Waals surface area (Å²) in [5, 5.41) is 10.9. The molecule has 1 heterocycles. The summed E-state index contributed by atoms with van der Waals surface area (Å²) >= 11 is 1.80. The molecule has 1 N–H and O–H groups in total. The van der Waals surface area contributed by atoms with E-state index in [0.717, 1.165) is 18.2 Å². The second-order valence-electron chi connectivity index (χ2n) is 3.92. The molecule has 0 aliphatic heterocycles. The molecule has 1 aromatic heterocycles. The number of benzene rings is 1. The van der Waals surface area contributed by atoms with Crippen molar-refractivity contribution in [1.82, 2.24) is 0 Å². The van der Waals surface area contributed by atoms with Gasteiger partial charge in [0, 0.05) is 15.6 Å². The van der Waals surface area contributed by atoms with Crippen molar-refractivity contribution in [3.8, 4) is 11.5 Å². The number of aryl methyl sites for hydroxylation is 2. The van der Waals surface area contributed by atoms with E-state index in [-0.39, 0.29) is 5.75 Å². The maximum absolute atomic E-state index is 9.75. The lowest BCUT2D eigenvalue weighted by Crippen LogP contribution is -1.83. The zero-order valence-corrected chi connectivity index (χ0v) is 10.6. The first kappa shape index (κ1) is 11.3. The zero-order valence-electron chi connectivity index (χ0n) is 9.83. The molecule has 0 atom stereocenters. The van der Waals surface area contributed by atoms with Gasteiger partial charge in [0.25, 0.3) is 0 Å². The third-order valence-electron chi connectivity index (χ3n) is 2.81. The first-order valence-electron chi connectivity index (χ1n) is 5.46. The van der Waals surface area contributed by atoms with Crippen molar-refractivity contribution in [3.05, 3.63) is 22.6 Å². The van der Waals surface area contributed by atoms with Crippen LogP contribution in [0.15, 0.2) is 12.1 Å². The number of thiophene rings is 1. The molecule has 1 aromatic carbocycles. The van der Waals surface area contributed by atoms with Crippen molar-refractivity contribution < 1.29 is 9.84 Å². The summed E-state index contributed by atoms with van der Waals surface area (Å²) in [6, 6.07) is 3.72. The minimum Gasteiger partial charge on any atom is -0.504 e. The van der Waals surface area contributed by atoms with Gasteiger partial charge in [-0.2, -0.15) is 0 Å². The molecule has 2 aromatic rings. The van der Waals surface area contributed by atoms with E-state index < -0.39 is 0 Å². The summed E-state index contributed by atoms with van der Waals surface area (Å²) in [5.41, 5.74) is 1.29. The highest BCUT2D eigenvalue weighted by Gasteiger charge is 2.11. The Morgan fingerprint density at radius 2 is 2.12 bits per heavy atom. The van der Waals surface area contributed by atoms with Crippen LogP contribution in [-0.4, -0.2) is 12.2 Å². The lowest BCUT2D eigenvalue weighted by molar-refractivity contribution is 0.374. The number of fused-ring (bicyclic) bond motifs is 1. The highest BCUT2D eigenvalue weighted by Crippen LogP contribution is 2.38. The van der Waals surface area contributed by atoms with Crippen LogP contribution in [0.1, 0.15) is 23.8 Å². The number of ether oxygens (including phenoxy) is 1. The Labute approximate surface area is 99.5 Å². The van der Waals surface area contributed by atoms with Crippen molar-refractivity contribution in [3.63, 3.8) is 0 Å². The molecule has 0 unspecified atom stereocenters. The molecule has 0 saturated heterocycles. The van der Waals surface area contributed by atoms with Gasteiger partial charge in [0.05, 0.1) is 7.11 Å². The lowest BCUT2D eigenvalue weighted by Gasteiger charge is -2.02. The van der Waals surface area contributed by atoms with Gasteiger partial charge in [-0.25, -0.2) is 0 Å². The first-order valence-corrected chi connectivity index (χ1v) is 6.28.